The van der Waals surface area contributed by atoms with E-state index in [1.807, 2.05) is 18.7 Å². The van der Waals surface area contributed by atoms with Crippen LogP contribution in [0.2, 0.25) is 0 Å². The molecule has 0 atom stereocenters. The van der Waals surface area contributed by atoms with Crippen molar-refractivity contribution in [1.29, 1.82) is 0 Å². The van der Waals surface area contributed by atoms with Gasteiger partial charge in [0.25, 0.3) is 0 Å². The molecule has 0 saturated carbocycles. The predicted molar refractivity (Wildman–Crippen MR) is 65.2 cm³/mol. The minimum Gasteiger partial charge on any atom is -0.369 e. The van der Waals surface area contributed by atoms with Gasteiger partial charge in [0.05, 0.1) is 6.10 Å². The fraction of sp³-hybridized carbons (Fsp3) is 0.923. The van der Waals surface area contributed by atoms with Gasteiger partial charge in [0.15, 0.2) is 0 Å². The molecule has 3 nitrogen and oxygen atoms in total. The van der Waals surface area contributed by atoms with E-state index in [1.165, 1.54) is 0 Å². The average Bonchev–Trinajstić information content (AvgIpc) is 2.26. The Hall–Kier alpha value is -0.570. The first-order valence-electron chi connectivity index (χ1n) is 6.40. The van der Waals surface area contributed by atoms with Gasteiger partial charge in [-0.3, -0.25) is 4.79 Å². The zero-order valence-electron chi connectivity index (χ0n) is 11.0. The summed E-state index contributed by atoms with van der Waals surface area (Å²) in [4.78, 5) is 13.7. The number of amides is 1. The minimum absolute atomic E-state index is 0.136. The van der Waals surface area contributed by atoms with E-state index in [2.05, 4.69) is 13.8 Å². The van der Waals surface area contributed by atoms with Crippen molar-refractivity contribution >= 4 is 5.91 Å². The summed E-state index contributed by atoms with van der Waals surface area (Å²) in [6, 6.07) is 0. The quantitative estimate of drug-likeness (QED) is 0.737. The number of piperidine rings is 1. The zero-order valence-corrected chi connectivity index (χ0v) is 11.0. The van der Waals surface area contributed by atoms with Gasteiger partial charge < -0.3 is 9.64 Å². The molecule has 1 amide bonds. The minimum atomic E-state index is 0.136. The van der Waals surface area contributed by atoms with Gasteiger partial charge in [0.1, 0.15) is 6.61 Å². The van der Waals surface area contributed by atoms with Crippen LogP contribution in [0.15, 0.2) is 0 Å². The van der Waals surface area contributed by atoms with Crippen molar-refractivity contribution in [3.63, 3.8) is 0 Å². The number of carbonyl (C=O) groups is 1. The Bertz CT molecular complexity index is 218. The maximum absolute atomic E-state index is 11.8. The van der Waals surface area contributed by atoms with Gasteiger partial charge in [-0.05, 0) is 38.5 Å². The van der Waals surface area contributed by atoms with Crippen molar-refractivity contribution in [1.82, 2.24) is 4.90 Å². The van der Waals surface area contributed by atoms with Gasteiger partial charge in [-0.15, -0.1) is 0 Å². The summed E-state index contributed by atoms with van der Waals surface area (Å²) in [6.45, 7) is 10.5. The summed E-state index contributed by atoms with van der Waals surface area (Å²) < 4.78 is 5.34. The molecule has 1 aliphatic heterocycles. The molecule has 1 saturated heterocycles. The SMILES string of the molecule is CC(C)OCC(=O)N1CCC(C(C)C)CC1. The molecule has 16 heavy (non-hydrogen) atoms. The summed E-state index contributed by atoms with van der Waals surface area (Å²) in [5.74, 6) is 1.68. The number of rotatable bonds is 4. The summed E-state index contributed by atoms with van der Waals surface area (Å²) in [5, 5.41) is 0. The van der Waals surface area contributed by atoms with E-state index >= 15 is 0 Å². The number of likely N-dealkylation sites (tertiary alicyclic amines) is 1. The first-order valence-corrected chi connectivity index (χ1v) is 6.40. The van der Waals surface area contributed by atoms with Crippen molar-refractivity contribution < 1.29 is 9.53 Å². The molecular formula is C13H25NO2. The van der Waals surface area contributed by atoms with Crippen molar-refractivity contribution in [2.75, 3.05) is 19.7 Å². The highest BCUT2D eigenvalue weighted by Crippen LogP contribution is 2.24. The van der Waals surface area contributed by atoms with Crippen molar-refractivity contribution in [2.24, 2.45) is 11.8 Å². The second-order valence-electron chi connectivity index (χ2n) is 5.32. The fourth-order valence-electron chi connectivity index (χ4n) is 2.14. The van der Waals surface area contributed by atoms with Crippen LogP contribution in [0.5, 0.6) is 0 Å². The smallest absolute Gasteiger partial charge is 0.248 e. The largest absolute Gasteiger partial charge is 0.369 e. The third kappa shape index (κ3) is 4.12. The molecule has 1 heterocycles. The van der Waals surface area contributed by atoms with E-state index < -0.39 is 0 Å². The van der Waals surface area contributed by atoms with Gasteiger partial charge in [-0.1, -0.05) is 13.8 Å². The third-order valence-corrected chi connectivity index (χ3v) is 3.38. The molecule has 94 valence electrons. The highest BCUT2D eigenvalue weighted by atomic mass is 16.5. The molecule has 0 aromatic heterocycles. The molecular weight excluding hydrogens is 202 g/mol. The molecule has 1 aliphatic rings. The van der Waals surface area contributed by atoms with Crippen LogP contribution in [-0.2, 0) is 9.53 Å². The zero-order chi connectivity index (χ0) is 12.1. The van der Waals surface area contributed by atoms with Crippen molar-refractivity contribution in [2.45, 2.75) is 46.6 Å². The summed E-state index contributed by atoms with van der Waals surface area (Å²) >= 11 is 0. The number of carbonyl (C=O) groups excluding carboxylic acids is 1. The van der Waals surface area contributed by atoms with E-state index in [4.69, 9.17) is 4.74 Å². The Morgan fingerprint density at radius 2 is 1.81 bits per heavy atom. The molecule has 1 rings (SSSR count). The molecule has 0 aromatic carbocycles. The van der Waals surface area contributed by atoms with Crippen LogP contribution in [-0.4, -0.2) is 36.6 Å². The normalized spacial score (nSPS) is 18.5. The number of nitrogens with zero attached hydrogens (tertiary/aromatic N) is 1. The van der Waals surface area contributed by atoms with Crippen LogP contribution >= 0.6 is 0 Å². The van der Waals surface area contributed by atoms with Crippen LogP contribution in [0, 0.1) is 11.8 Å². The second-order valence-corrected chi connectivity index (χ2v) is 5.32. The van der Waals surface area contributed by atoms with E-state index in [-0.39, 0.29) is 18.6 Å². The Morgan fingerprint density at radius 3 is 2.25 bits per heavy atom. The molecule has 0 N–H and O–H groups in total. The Labute approximate surface area is 99.1 Å². The maximum atomic E-state index is 11.8. The van der Waals surface area contributed by atoms with Gasteiger partial charge in [-0.2, -0.15) is 0 Å². The van der Waals surface area contributed by atoms with E-state index in [1.54, 1.807) is 0 Å². The van der Waals surface area contributed by atoms with Crippen LogP contribution < -0.4 is 0 Å². The number of ether oxygens (including phenoxy) is 1. The van der Waals surface area contributed by atoms with E-state index in [0.29, 0.717) is 0 Å². The molecule has 3 heteroatoms. The molecule has 0 radical (unpaired) electrons. The standard InChI is InChI=1S/C13H25NO2/c1-10(2)12-5-7-14(8-6-12)13(15)9-16-11(3)4/h10-12H,5-9H2,1-4H3. The van der Waals surface area contributed by atoms with Crippen LogP contribution in [0.25, 0.3) is 0 Å². The van der Waals surface area contributed by atoms with Gasteiger partial charge in [-0.25, -0.2) is 0 Å². The van der Waals surface area contributed by atoms with Crippen molar-refractivity contribution in [3.8, 4) is 0 Å². The van der Waals surface area contributed by atoms with Gasteiger partial charge >= 0.3 is 0 Å². The fourth-order valence-corrected chi connectivity index (χ4v) is 2.14. The third-order valence-electron chi connectivity index (χ3n) is 3.38. The lowest BCUT2D eigenvalue weighted by molar-refractivity contribution is -0.139. The monoisotopic (exact) mass is 227 g/mol. The van der Waals surface area contributed by atoms with Crippen LogP contribution in [0.4, 0.5) is 0 Å². The molecule has 0 aliphatic carbocycles. The van der Waals surface area contributed by atoms with Gasteiger partial charge in [0.2, 0.25) is 5.91 Å². The molecule has 0 bridgehead atoms. The molecule has 1 fully saturated rings. The van der Waals surface area contributed by atoms with E-state index in [0.717, 1.165) is 37.8 Å². The molecule has 0 unspecified atom stereocenters. The second kappa shape index (κ2) is 6.24. The topological polar surface area (TPSA) is 29.5 Å². The lowest BCUT2D eigenvalue weighted by Gasteiger charge is -2.34. The van der Waals surface area contributed by atoms with Crippen LogP contribution in [0.3, 0.4) is 0 Å². The first-order chi connectivity index (χ1) is 7.50. The predicted octanol–water partition coefficient (Wildman–Crippen LogP) is 2.31. The highest BCUT2D eigenvalue weighted by Gasteiger charge is 2.24. The van der Waals surface area contributed by atoms with Crippen LogP contribution in [0.1, 0.15) is 40.5 Å². The highest BCUT2D eigenvalue weighted by molar-refractivity contribution is 5.77. The summed E-state index contributed by atoms with van der Waals surface area (Å²) in [5.41, 5.74) is 0. The number of hydrogen-bond donors (Lipinski definition) is 0. The Kier molecular flexibility index (Phi) is 5.26. The van der Waals surface area contributed by atoms with E-state index in [9.17, 15) is 4.79 Å². The molecule has 0 aromatic rings. The lowest BCUT2D eigenvalue weighted by atomic mass is 9.87. The summed E-state index contributed by atoms with van der Waals surface area (Å²) in [6.07, 6.45) is 2.42. The van der Waals surface area contributed by atoms with Gasteiger partial charge in [0, 0.05) is 13.1 Å². The first kappa shape index (κ1) is 13.5. The number of hydrogen-bond acceptors (Lipinski definition) is 2. The maximum Gasteiger partial charge on any atom is 0.248 e. The Balaban J connectivity index is 2.27. The lowest BCUT2D eigenvalue weighted by Crippen LogP contribution is -2.41. The van der Waals surface area contributed by atoms with Crippen molar-refractivity contribution in [3.05, 3.63) is 0 Å². The molecule has 0 spiro atoms. The Morgan fingerprint density at radius 1 is 1.25 bits per heavy atom. The summed E-state index contributed by atoms with van der Waals surface area (Å²) in [7, 11) is 0. The average molecular weight is 227 g/mol.